The van der Waals surface area contributed by atoms with Crippen molar-refractivity contribution in [2.45, 2.75) is 0 Å². The van der Waals surface area contributed by atoms with Crippen molar-refractivity contribution in [2.75, 3.05) is 7.11 Å². The van der Waals surface area contributed by atoms with Crippen molar-refractivity contribution in [1.29, 1.82) is 0 Å². The van der Waals surface area contributed by atoms with E-state index < -0.39 is 11.9 Å². The van der Waals surface area contributed by atoms with Crippen LogP contribution >= 0.6 is 0 Å². The van der Waals surface area contributed by atoms with E-state index >= 15 is 0 Å². The maximum atomic E-state index is 11.8. The predicted octanol–water partition coefficient (Wildman–Crippen LogP) is 2.40. The number of ether oxygens (including phenoxy) is 2. The van der Waals surface area contributed by atoms with Crippen molar-refractivity contribution < 1.29 is 24.2 Å². The number of carbonyl (C=O) groups is 2. The zero-order valence-electron chi connectivity index (χ0n) is 10.7. The summed E-state index contributed by atoms with van der Waals surface area (Å²) >= 11 is 0. The summed E-state index contributed by atoms with van der Waals surface area (Å²) in [6, 6.07) is 12.4. The molecule has 0 saturated heterocycles. The molecule has 0 aliphatic heterocycles. The van der Waals surface area contributed by atoms with Crippen LogP contribution in [-0.4, -0.2) is 24.2 Å². The molecule has 102 valence electrons. The minimum Gasteiger partial charge on any atom is -0.507 e. The van der Waals surface area contributed by atoms with Crippen LogP contribution in [0.5, 0.6) is 11.5 Å². The molecule has 5 nitrogen and oxygen atoms in total. The molecule has 0 aliphatic carbocycles. The molecule has 20 heavy (non-hydrogen) atoms. The molecule has 2 rings (SSSR count). The van der Waals surface area contributed by atoms with Gasteiger partial charge in [0.25, 0.3) is 0 Å². The summed E-state index contributed by atoms with van der Waals surface area (Å²) in [7, 11) is 1.20. The number of methoxy groups -OCH3 is 1. The van der Waals surface area contributed by atoms with E-state index in [1.165, 1.54) is 25.3 Å². The van der Waals surface area contributed by atoms with Gasteiger partial charge in [-0.2, -0.15) is 0 Å². The number of hydrogen-bond donors (Lipinski definition) is 1. The van der Waals surface area contributed by atoms with Crippen molar-refractivity contribution >= 4 is 11.9 Å². The van der Waals surface area contributed by atoms with Gasteiger partial charge in [0.15, 0.2) is 0 Å². The van der Waals surface area contributed by atoms with E-state index in [2.05, 4.69) is 4.74 Å². The largest absolute Gasteiger partial charge is 0.507 e. The summed E-state index contributed by atoms with van der Waals surface area (Å²) in [5.41, 5.74) is 0.325. The Morgan fingerprint density at radius 1 is 1.00 bits per heavy atom. The van der Waals surface area contributed by atoms with E-state index in [-0.39, 0.29) is 17.1 Å². The summed E-state index contributed by atoms with van der Waals surface area (Å²) in [6.45, 7) is 0. The fourth-order valence-corrected chi connectivity index (χ4v) is 1.59. The molecular formula is C15H12O5. The maximum absolute atomic E-state index is 11.8. The Balaban J connectivity index is 2.22. The molecule has 0 bridgehead atoms. The Hall–Kier alpha value is -2.82. The third-order valence-corrected chi connectivity index (χ3v) is 2.59. The average Bonchev–Trinajstić information content (AvgIpc) is 2.49. The van der Waals surface area contributed by atoms with Crippen LogP contribution in [0.4, 0.5) is 0 Å². The lowest BCUT2D eigenvalue weighted by Crippen LogP contribution is -2.09. The Bertz CT molecular complexity index is 634. The van der Waals surface area contributed by atoms with E-state index in [0.717, 1.165) is 0 Å². The normalized spacial score (nSPS) is 9.85. The molecule has 2 aromatic carbocycles. The molecular weight excluding hydrogens is 260 g/mol. The summed E-state index contributed by atoms with van der Waals surface area (Å²) in [6.07, 6.45) is 0. The number of hydrogen-bond acceptors (Lipinski definition) is 5. The van der Waals surface area contributed by atoms with Gasteiger partial charge in [0, 0.05) is 0 Å². The van der Waals surface area contributed by atoms with Crippen LogP contribution in [0, 0.1) is 0 Å². The molecule has 5 heteroatoms. The quantitative estimate of drug-likeness (QED) is 0.686. The molecule has 1 N–H and O–H groups in total. The van der Waals surface area contributed by atoms with E-state index in [1.807, 2.05) is 0 Å². The number of esters is 2. The Kier molecular flexibility index (Phi) is 4.00. The molecule has 0 amide bonds. The van der Waals surface area contributed by atoms with Gasteiger partial charge in [0.05, 0.1) is 12.7 Å². The molecule has 0 heterocycles. The first-order chi connectivity index (χ1) is 9.61. The summed E-state index contributed by atoms with van der Waals surface area (Å²) < 4.78 is 9.66. The topological polar surface area (TPSA) is 72.8 Å². The first-order valence-corrected chi connectivity index (χ1v) is 5.80. The van der Waals surface area contributed by atoms with Gasteiger partial charge in [-0.15, -0.1) is 0 Å². The summed E-state index contributed by atoms with van der Waals surface area (Å²) in [5, 5.41) is 9.55. The van der Waals surface area contributed by atoms with Crippen molar-refractivity contribution in [3.63, 3.8) is 0 Å². The van der Waals surface area contributed by atoms with Gasteiger partial charge in [0.1, 0.15) is 17.1 Å². The monoisotopic (exact) mass is 272 g/mol. The number of benzene rings is 2. The number of carbonyl (C=O) groups excluding carboxylic acids is 2. The van der Waals surface area contributed by atoms with Gasteiger partial charge >= 0.3 is 11.9 Å². The third-order valence-electron chi connectivity index (χ3n) is 2.59. The highest BCUT2D eigenvalue weighted by Crippen LogP contribution is 2.24. The standard InChI is InChI=1S/C15H12O5/c1-19-15(18)12-9-11(7-8-13(12)16)20-14(17)10-5-3-2-4-6-10/h2-9,16H,1H3. The smallest absolute Gasteiger partial charge is 0.343 e. The van der Waals surface area contributed by atoms with Crippen LogP contribution in [-0.2, 0) is 4.74 Å². The Morgan fingerprint density at radius 3 is 2.35 bits per heavy atom. The Morgan fingerprint density at radius 2 is 1.70 bits per heavy atom. The minimum absolute atomic E-state index is 0.0640. The zero-order chi connectivity index (χ0) is 14.5. The summed E-state index contributed by atoms with van der Waals surface area (Å²) in [4.78, 5) is 23.3. The number of phenols is 1. The Labute approximate surface area is 115 Å². The lowest BCUT2D eigenvalue weighted by atomic mass is 10.2. The molecule has 0 atom stereocenters. The van der Waals surface area contributed by atoms with E-state index in [4.69, 9.17) is 4.74 Å². The SMILES string of the molecule is COC(=O)c1cc(OC(=O)c2ccccc2)ccc1O. The highest BCUT2D eigenvalue weighted by Gasteiger charge is 2.14. The van der Waals surface area contributed by atoms with Crippen LogP contribution in [0.25, 0.3) is 0 Å². The van der Waals surface area contributed by atoms with Crippen molar-refractivity contribution in [3.8, 4) is 11.5 Å². The molecule has 0 fully saturated rings. The first-order valence-electron chi connectivity index (χ1n) is 5.80. The van der Waals surface area contributed by atoms with E-state index in [9.17, 15) is 14.7 Å². The first kappa shape index (κ1) is 13.6. The number of aromatic hydroxyl groups is 1. The molecule has 0 radical (unpaired) electrons. The lowest BCUT2D eigenvalue weighted by molar-refractivity contribution is 0.0594. The van der Waals surface area contributed by atoms with E-state index in [1.54, 1.807) is 30.3 Å². The predicted molar refractivity (Wildman–Crippen MR) is 70.8 cm³/mol. The second kappa shape index (κ2) is 5.88. The van der Waals surface area contributed by atoms with Gasteiger partial charge in [-0.05, 0) is 30.3 Å². The van der Waals surface area contributed by atoms with Gasteiger partial charge < -0.3 is 14.6 Å². The van der Waals surface area contributed by atoms with Crippen molar-refractivity contribution in [1.82, 2.24) is 0 Å². The van der Waals surface area contributed by atoms with Gasteiger partial charge in [-0.3, -0.25) is 0 Å². The molecule has 0 unspecified atom stereocenters. The van der Waals surface area contributed by atoms with Gasteiger partial charge in [0.2, 0.25) is 0 Å². The average molecular weight is 272 g/mol. The number of rotatable bonds is 3. The minimum atomic E-state index is -0.708. The highest BCUT2D eigenvalue weighted by atomic mass is 16.5. The second-order valence-corrected chi connectivity index (χ2v) is 3.93. The van der Waals surface area contributed by atoms with Crippen LogP contribution < -0.4 is 4.74 Å². The highest BCUT2D eigenvalue weighted by molar-refractivity contribution is 5.94. The van der Waals surface area contributed by atoms with Crippen LogP contribution in [0.15, 0.2) is 48.5 Å². The fourth-order valence-electron chi connectivity index (χ4n) is 1.59. The number of phenolic OH excluding ortho intramolecular Hbond substituents is 1. The van der Waals surface area contributed by atoms with E-state index in [0.29, 0.717) is 5.56 Å². The molecule has 2 aromatic rings. The van der Waals surface area contributed by atoms with Gasteiger partial charge in [-0.1, -0.05) is 18.2 Å². The van der Waals surface area contributed by atoms with Crippen LogP contribution in [0.1, 0.15) is 20.7 Å². The van der Waals surface area contributed by atoms with Crippen molar-refractivity contribution in [3.05, 3.63) is 59.7 Å². The molecule has 0 spiro atoms. The van der Waals surface area contributed by atoms with Gasteiger partial charge in [-0.25, -0.2) is 9.59 Å². The molecule has 0 aliphatic rings. The third kappa shape index (κ3) is 2.95. The second-order valence-electron chi connectivity index (χ2n) is 3.93. The van der Waals surface area contributed by atoms with Crippen molar-refractivity contribution in [2.24, 2.45) is 0 Å². The maximum Gasteiger partial charge on any atom is 0.343 e. The van der Waals surface area contributed by atoms with Crippen LogP contribution in [0.2, 0.25) is 0 Å². The lowest BCUT2D eigenvalue weighted by Gasteiger charge is -2.07. The summed E-state index contributed by atoms with van der Waals surface area (Å²) in [5.74, 6) is -1.35. The zero-order valence-corrected chi connectivity index (χ0v) is 10.7. The molecule has 0 saturated carbocycles. The van der Waals surface area contributed by atoms with Crippen LogP contribution in [0.3, 0.4) is 0 Å². The fraction of sp³-hybridized carbons (Fsp3) is 0.0667. The molecule has 0 aromatic heterocycles.